The maximum absolute atomic E-state index is 12.5. The number of hydrogen-bond acceptors (Lipinski definition) is 3. The Balaban J connectivity index is 1.87. The van der Waals surface area contributed by atoms with Crippen molar-refractivity contribution in [2.24, 2.45) is 4.40 Å². The maximum Gasteiger partial charge on any atom is 0.285 e. The van der Waals surface area contributed by atoms with E-state index in [-0.39, 0.29) is 10.9 Å². The second-order valence-corrected chi connectivity index (χ2v) is 7.69. The second-order valence-electron chi connectivity index (χ2n) is 5.26. The van der Waals surface area contributed by atoms with Gasteiger partial charge in [0.25, 0.3) is 10.0 Å². The lowest BCUT2D eigenvalue weighted by atomic mass is 10.2. The average molecular weight is 397 g/mol. The first kappa shape index (κ1) is 17.7. The van der Waals surface area contributed by atoms with E-state index in [9.17, 15) is 8.42 Å². The lowest BCUT2D eigenvalue weighted by Crippen LogP contribution is -2.42. The SMILES string of the molecule is O=S(=O)(/N=C1/NC=CCN1Cc1ccc(Cl)nc1)c1ccc(Cl)cc1. The molecule has 1 aliphatic rings. The molecule has 0 aliphatic carbocycles. The van der Waals surface area contributed by atoms with Crippen LogP contribution in [0.4, 0.5) is 0 Å². The summed E-state index contributed by atoms with van der Waals surface area (Å²) in [4.78, 5) is 5.90. The first-order chi connectivity index (χ1) is 11.9. The molecule has 1 N–H and O–H groups in total. The third-order valence-electron chi connectivity index (χ3n) is 3.44. The van der Waals surface area contributed by atoms with E-state index in [1.54, 1.807) is 23.4 Å². The molecule has 0 saturated heterocycles. The van der Waals surface area contributed by atoms with E-state index in [0.29, 0.717) is 23.3 Å². The van der Waals surface area contributed by atoms with Gasteiger partial charge in [0.2, 0.25) is 5.96 Å². The van der Waals surface area contributed by atoms with Gasteiger partial charge in [-0.15, -0.1) is 4.40 Å². The molecule has 2 heterocycles. The van der Waals surface area contributed by atoms with E-state index in [0.717, 1.165) is 5.56 Å². The smallest absolute Gasteiger partial charge is 0.285 e. The Hall–Kier alpha value is -2.09. The highest BCUT2D eigenvalue weighted by atomic mass is 35.5. The van der Waals surface area contributed by atoms with Crippen LogP contribution in [-0.2, 0) is 16.6 Å². The number of guanidine groups is 1. The summed E-state index contributed by atoms with van der Waals surface area (Å²) in [6.45, 7) is 0.959. The van der Waals surface area contributed by atoms with Crippen molar-refractivity contribution >= 4 is 39.2 Å². The van der Waals surface area contributed by atoms with Crippen LogP contribution in [0.15, 0.2) is 64.2 Å². The van der Waals surface area contributed by atoms with E-state index in [2.05, 4.69) is 14.7 Å². The predicted molar refractivity (Wildman–Crippen MR) is 98.0 cm³/mol. The van der Waals surface area contributed by atoms with Crippen molar-refractivity contribution in [1.82, 2.24) is 15.2 Å². The molecule has 6 nitrogen and oxygen atoms in total. The Kier molecular flexibility index (Phi) is 5.27. The van der Waals surface area contributed by atoms with Gasteiger partial charge >= 0.3 is 0 Å². The minimum atomic E-state index is -3.85. The third-order valence-corrected chi connectivity index (χ3v) is 5.19. The molecule has 1 aliphatic heterocycles. The highest BCUT2D eigenvalue weighted by molar-refractivity contribution is 7.90. The number of rotatable bonds is 4. The lowest BCUT2D eigenvalue weighted by molar-refractivity contribution is 0.434. The fraction of sp³-hybridized carbons (Fsp3) is 0.125. The van der Waals surface area contributed by atoms with Crippen LogP contribution in [0.2, 0.25) is 10.2 Å². The molecular weight excluding hydrogens is 383 g/mol. The summed E-state index contributed by atoms with van der Waals surface area (Å²) >= 11 is 11.6. The summed E-state index contributed by atoms with van der Waals surface area (Å²) in [5, 5.41) is 3.74. The van der Waals surface area contributed by atoms with Crippen molar-refractivity contribution in [2.75, 3.05) is 6.54 Å². The first-order valence-electron chi connectivity index (χ1n) is 7.31. The highest BCUT2D eigenvalue weighted by Gasteiger charge is 2.19. The molecule has 0 radical (unpaired) electrons. The Morgan fingerprint density at radius 3 is 2.60 bits per heavy atom. The van der Waals surface area contributed by atoms with Gasteiger partial charge in [0.05, 0.1) is 4.90 Å². The molecular formula is C16H14Cl2N4O2S. The van der Waals surface area contributed by atoms with Gasteiger partial charge in [0.15, 0.2) is 0 Å². The normalized spacial score (nSPS) is 16.1. The van der Waals surface area contributed by atoms with Crippen molar-refractivity contribution < 1.29 is 8.42 Å². The Bertz CT molecular complexity index is 910. The minimum absolute atomic E-state index is 0.0777. The molecule has 1 aromatic heterocycles. The zero-order valence-electron chi connectivity index (χ0n) is 12.9. The molecule has 1 aromatic carbocycles. The molecule has 0 amide bonds. The average Bonchev–Trinajstić information content (AvgIpc) is 2.59. The number of halogens is 2. The quantitative estimate of drug-likeness (QED) is 0.803. The Labute approximate surface area is 155 Å². The van der Waals surface area contributed by atoms with Crippen LogP contribution in [0.3, 0.4) is 0 Å². The van der Waals surface area contributed by atoms with Gasteiger partial charge in [-0.25, -0.2) is 4.98 Å². The monoisotopic (exact) mass is 396 g/mol. The fourth-order valence-corrected chi connectivity index (χ4v) is 3.43. The van der Waals surface area contributed by atoms with Gasteiger partial charge in [-0.1, -0.05) is 29.3 Å². The molecule has 0 atom stereocenters. The first-order valence-corrected chi connectivity index (χ1v) is 9.51. The summed E-state index contributed by atoms with van der Waals surface area (Å²) in [6, 6.07) is 9.39. The largest absolute Gasteiger partial charge is 0.334 e. The lowest BCUT2D eigenvalue weighted by Gasteiger charge is -2.27. The highest BCUT2D eigenvalue weighted by Crippen LogP contribution is 2.17. The van der Waals surface area contributed by atoms with Crippen molar-refractivity contribution in [3.8, 4) is 0 Å². The molecule has 3 rings (SSSR count). The van der Waals surface area contributed by atoms with Gasteiger partial charge in [0.1, 0.15) is 5.15 Å². The third kappa shape index (κ3) is 4.50. The summed E-state index contributed by atoms with van der Waals surface area (Å²) in [7, 11) is -3.85. The number of pyridine rings is 1. The Morgan fingerprint density at radius 1 is 1.16 bits per heavy atom. The van der Waals surface area contributed by atoms with Gasteiger partial charge in [-0.05, 0) is 42.0 Å². The zero-order chi connectivity index (χ0) is 17.9. The number of nitrogens with one attached hydrogen (secondary N) is 1. The van der Waals surface area contributed by atoms with Crippen LogP contribution >= 0.6 is 23.2 Å². The fourth-order valence-electron chi connectivity index (χ4n) is 2.21. The van der Waals surface area contributed by atoms with Crippen LogP contribution in [0.1, 0.15) is 5.56 Å². The number of hydrogen-bond donors (Lipinski definition) is 1. The topological polar surface area (TPSA) is 74.7 Å². The molecule has 0 unspecified atom stereocenters. The number of nitrogens with zero attached hydrogens (tertiary/aromatic N) is 3. The zero-order valence-corrected chi connectivity index (χ0v) is 15.3. The summed E-state index contributed by atoms with van der Waals surface area (Å²) in [6.07, 6.45) is 5.18. The molecule has 25 heavy (non-hydrogen) atoms. The molecule has 130 valence electrons. The van der Waals surface area contributed by atoms with Gasteiger partial charge in [-0.2, -0.15) is 8.42 Å². The Morgan fingerprint density at radius 2 is 1.92 bits per heavy atom. The van der Waals surface area contributed by atoms with E-state index in [1.807, 2.05) is 12.1 Å². The number of aromatic nitrogens is 1. The van der Waals surface area contributed by atoms with Crippen molar-refractivity contribution in [2.45, 2.75) is 11.4 Å². The molecule has 0 spiro atoms. The van der Waals surface area contributed by atoms with Gasteiger partial charge in [0, 0.05) is 30.5 Å². The summed E-state index contributed by atoms with van der Waals surface area (Å²) < 4.78 is 28.9. The van der Waals surface area contributed by atoms with Crippen molar-refractivity contribution in [3.05, 3.63) is 70.6 Å². The summed E-state index contributed by atoms with van der Waals surface area (Å²) in [5.74, 6) is 0.243. The van der Waals surface area contributed by atoms with E-state index < -0.39 is 10.0 Å². The van der Waals surface area contributed by atoms with Crippen LogP contribution in [0, 0.1) is 0 Å². The van der Waals surface area contributed by atoms with E-state index >= 15 is 0 Å². The van der Waals surface area contributed by atoms with Crippen LogP contribution < -0.4 is 5.32 Å². The molecule has 2 aromatic rings. The predicted octanol–water partition coefficient (Wildman–Crippen LogP) is 3.05. The van der Waals surface area contributed by atoms with Crippen molar-refractivity contribution in [3.63, 3.8) is 0 Å². The number of sulfonamides is 1. The van der Waals surface area contributed by atoms with Crippen LogP contribution in [0.25, 0.3) is 0 Å². The number of benzene rings is 1. The van der Waals surface area contributed by atoms with Crippen molar-refractivity contribution in [1.29, 1.82) is 0 Å². The molecule has 0 saturated carbocycles. The second kappa shape index (κ2) is 7.43. The van der Waals surface area contributed by atoms with Gasteiger partial charge in [-0.3, -0.25) is 0 Å². The molecule has 0 fully saturated rings. The maximum atomic E-state index is 12.5. The summed E-state index contributed by atoms with van der Waals surface area (Å²) in [5.41, 5.74) is 0.887. The van der Waals surface area contributed by atoms with E-state index in [4.69, 9.17) is 23.2 Å². The van der Waals surface area contributed by atoms with E-state index in [1.165, 1.54) is 24.3 Å². The minimum Gasteiger partial charge on any atom is -0.334 e. The molecule has 0 bridgehead atoms. The van der Waals surface area contributed by atoms with Crippen LogP contribution in [0.5, 0.6) is 0 Å². The van der Waals surface area contributed by atoms with Crippen LogP contribution in [-0.4, -0.2) is 30.8 Å². The van der Waals surface area contributed by atoms with Gasteiger partial charge < -0.3 is 10.2 Å². The molecule has 9 heteroatoms. The standard InChI is InChI=1S/C16H14Cl2N4O2S/c17-13-3-5-14(6-4-13)25(23,24)21-16-19-8-1-9-22(16)11-12-2-7-15(18)20-10-12/h1-8,10H,9,11H2,(H,19,21).